The van der Waals surface area contributed by atoms with Crippen molar-refractivity contribution in [3.63, 3.8) is 0 Å². The summed E-state index contributed by atoms with van der Waals surface area (Å²) in [5.41, 5.74) is 2.43. The second-order valence-electron chi connectivity index (χ2n) is 4.62. The molecule has 0 amide bonds. The van der Waals surface area contributed by atoms with E-state index in [1.54, 1.807) is 6.26 Å². The van der Waals surface area contributed by atoms with E-state index >= 15 is 0 Å². The van der Waals surface area contributed by atoms with Gasteiger partial charge in [0.1, 0.15) is 0 Å². The lowest BCUT2D eigenvalue weighted by atomic mass is 10.1. The van der Waals surface area contributed by atoms with Crippen LogP contribution in [0.4, 0.5) is 0 Å². The molecule has 0 aliphatic rings. The van der Waals surface area contributed by atoms with E-state index in [1.165, 1.54) is 10.9 Å². The Morgan fingerprint density at radius 2 is 2.17 bits per heavy atom. The van der Waals surface area contributed by atoms with Gasteiger partial charge in [-0.3, -0.25) is 4.21 Å². The number of aromatic amines is 1. The number of hydrogen-bond acceptors (Lipinski definition) is 2. The summed E-state index contributed by atoms with van der Waals surface area (Å²) in [6, 6.07) is 5.99. The maximum absolute atomic E-state index is 11.5. The first kappa shape index (κ1) is 13.3. The molecule has 2 rings (SSSR count). The average Bonchev–Trinajstić information content (AvgIpc) is 2.78. The van der Waals surface area contributed by atoms with Crippen molar-refractivity contribution in [3.8, 4) is 0 Å². The molecule has 98 valence electrons. The van der Waals surface area contributed by atoms with Crippen molar-refractivity contribution in [3.05, 3.63) is 30.0 Å². The molecule has 0 saturated carbocycles. The molecule has 2 aromatic rings. The molecular formula is C14H20N2OS. The number of hydrogen-bond donors (Lipinski definition) is 1. The van der Waals surface area contributed by atoms with Gasteiger partial charge in [-0.15, -0.1) is 0 Å². The second kappa shape index (κ2) is 5.67. The number of nitrogens with zero attached hydrogens (tertiary/aromatic N) is 1. The zero-order valence-corrected chi connectivity index (χ0v) is 12.0. The van der Waals surface area contributed by atoms with Crippen LogP contribution in [0.5, 0.6) is 0 Å². The lowest BCUT2D eigenvalue weighted by Crippen LogP contribution is -2.20. The van der Waals surface area contributed by atoms with Crippen molar-refractivity contribution in [2.45, 2.75) is 18.2 Å². The van der Waals surface area contributed by atoms with Crippen molar-refractivity contribution >= 4 is 21.7 Å². The third-order valence-electron chi connectivity index (χ3n) is 3.37. The van der Waals surface area contributed by atoms with Gasteiger partial charge in [0.05, 0.1) is 0 Å². The minimum absolute atomic E-state index is 0.896. The first-order valence-electron chi connectivity index (χ1n) is 6.23. The molecule has 0 aliphatic heterocycles. The predicted octanol–water partition coefficient (Wildman–Crippen LogP) is 2.40. The zero-order valence-electron chi connectivity index (χ0n) is 11.2. The summed E-state index contributed by atoms with van der Waals surface area (Å²) in [7, 11) is 1.21. The third kappa shape index (κ3) is 2.82. The molecule has 1 aromatic heterocycles. The van der Waals surface area contributed by atoms with Crippen LogP contribution in [-0.4, -0.2) is 40.5 Å². The fourth-order valence-electron chi connectivity index (χ4n) is 2.01. The minimum atomic E-state index is -0.916. The van der Waals surface area contributed by atoms with Crippen LogP contribution < -0.4 is 0 Å². The van der Waals surface area contributed by atoms with Crippen molar-refractivity contribution in [2.75, 3.05) is 26.4 Å². The third-order valence-corrected chi connectivity index (χ3v) is 4.29. The molecule has 1 unspecified atom stereocenters. The Bertz CT molecular complexity index is 562. The molecule has 0 fully saturated rings. The number of benzene rings is 1. The van der Waals surface area contributed by atoms with Crippen LogP contribution in [0.2, 0.25) is 0 Å². The highest BCUT2D eigenvalue weighted by molar-refractivity contribution is 7.84. The summed E-state index contributed by atoms with van der Waals surface area (Å²) in [6.45, 7) is 4.27. The average molecular weight is 264 g/mol. The van der Waals surface area contributed by atoms with E-state index in [4.69, 9.17) is 0 Å². The highest BCUT2D eigenvalue weighted by atomic mass is 32.2. The van der Waals surface area contributed by atoms with Gasteiger partial charge in [0.15, 0.2) is 0 Å². The van der Waals surface area contributed by atoms with Gasteiger partial charge in [-0.05, 0) is 43.8 Å². The Labute approximate surface area is 111 Å². The normalized spacial score (nSPS) is 13.3. The van der Waals surface area contributed by atoms with Crippen molar-refractivity contribution in [1.82, 2.24) is 9.88 Å². The van der Waals surface area contributed by atoms with Gasteiger partial charge in [0, 0.05) is 45.6 Å². The SMILES string of the molecule is CCN(C)CCc1c[nH]c2ccc(S(C)=O)cc12. The first-order valence-corrected chi connectivity index (χ1v) is 7.79. The Morgan fingerprint density at radius 1 is 1.39 bits per heavy atom. The number of aromatic nitrogens is 1. The molecule has 1 aromatic carbocycles. The predicted molar refractivity (Wildman–Crippen MR) is 77.5 cm³/mol. The van der Waals surface area contributed by atoms with E-state index in [-0.39, 0.29) is 0 Å². The summed E-state index contributed by atoms with van der Waals surface area (Å²) >= 11 is 0. The number of rotatable bonds is 5. The van der Waals surface area contributed by atoms with Crippen molar-refractivity contribution in [1.29, 1.82) is 0 Å². The van der Waals surface area contributed by atoms with Crippen molar-refractivity contribution < 1.29 is 4.21 Å². The Kier molecular flexibility index (Phi) is 4.19. The highest BCUT2D eigenvalue weighted by Gasteiger charge is 2.07. The molecule has 0 aliphatic carbocycles. The molecular weight excluding hydrogens is 244 g/mol. The fraction of sp³-hybridized carbons (Fsp3) is 0.429. The quantitative estimate of drug-likeness (QED) is 0.900. The maximum atomic E-state index is 11.5. The van der Waals surface area contributed by atoms with E-state index in [2.05, 4.69) is 30.1 Å². The molecule has 18 heavy (non-hydrogen) atoms. The molecule has 0 spiro atoms. The zero-order chi connectivity index (χ0) is 13.1. The van der Waals surface area contributed by atoms with Crippen LogP contribution in [0, 0.1) is 0 Å². The van der Waals surface area contributed by atoms with E-state index < -0.39 is 10.8 Å². The molecule has 1 heterocycles. The Balaban J connectivity index is 2.28. The molecule has 1 atom stereocenters. The van der Waals surface area contributed by atoms with Crippen LogP contribution in [0.3, 0.4) is 0 Å². The Hall–Kier alpha value is -1.13. The largest absolute Gasteiger partial charge is 0.361 e. The summed E-state index contributed by atoms with van der Waals surface area (Å²) < 4.78 is 11.5. The molecule has 0 saturated heterocycles. The summed E-state index contributed by atoms with van der Waals surface area (Å²) in [5, 5.41) is 1.20. The topological polar surface area (TPSA) is 36.1 Å². The maximum Gasteiger partial charge on any atom is 0.0498 e. The van der Waals surface area contributed by atoms with Crippen LogP contribution in [0.1, 0.15) is 12.5 Å². The molecule has 1 N–H and O–H groups in total. The van der Waals surface area contributed by atoms with E-state index in [1.807, 2.05) is 18.2 Å². The highest BCUT2D eigenvalue weighted by Crippen LogP contribution is 2.21. The fourth-order valence-corrected chi connectivity index (χ4v) is 2.56. The summed E-state index contributed by atoms with van der Waals surface area (Å²) in [4.78, 5) is 6.47. The summed E-state index contributed by atoms with van der Waals surface area (Å²) in [5.74, 6) is 0. The van der Waals surface area contributed by atoms with E-state index in [0.717, 1.165) is 29.9 Å². The minimum Gasteiger partial charge on any atom is -0.361 e. The van der Waals surface area contributed by atoms with Gasteiger partial charge >= 0.3 is 0 Å². The number of likely N-dealkylation sites (N-methyl/N-ethyl adjacent to an activating group) is 1. The smallest absolute Gasteiger partial charge is 0.0498 e. The molecule has 0 radical (unpaired) electrons. The van der Waals surface area contributed by atoms with E-state index in [0.29, 0.717) is 0 Å². The molecule has 4 heteroatoms. The number of nitrogens with one attached hydrogen (secondary N) is 1. The van der Waals surface area contributed by atoms with Gasteiger partial charge in [0.25, 0.3) is 0 Å². The van der Waals surface area contributed by atoms with Crippen molar-refractivity contribution in [2.24, 2.45) is 0 Å². The van der Waals surface area contributed by atoms with Gasteiger partial charge in [0.2, 0.25) is 0 Å². The van der Waals surface area contributed by atoms with Gasteiger partial charge in [-0.1, -0.05) is 6.92 Å². The number of H-pyrrole nitrogens is 1. The van der Waals surface area contributed by atoms with Gasteiger partial charge in [-0.2, -0.15) is 0 Å². The summed E-state index contributed by atoms with van der Waals surface area (Å²) in [6.07, 6.45) is 4.80. The standard InChI is InChI=1S/C14H20N2OS/c1-4-16(2)8-7-11-10-15-14-6-5-12(18(3)17)9-13(11)14/h5-6,9-10,15H,4,7-8H2,1-3H3. The van der Waals surface area contributed by atoms with E-state index in [9.17, 15) is 4.21 Å². The van der Waals surface area contributed by atoms with Crippen LogP contribution in [0.25, 0.3) is 10.9 Å². The van der Waals surface area contributed by atoms with Crippen LogP contribution in [-0.2, 0) is 17.2 Å². The lowest BCUT2D eigenvalue weighted by molar-refractivity contribution is 0.358. The van der Waals surface area contributed by atoms with Crippen LogP contribution in [0.15, 0.2) is 29.3 Å². The lowest BCUT2D eigenvalue weighted by Gasteiger charge is -2.12. The van der Waals surface area contributed by atoms with Gasteiger partial charge in [-0.25, -0.2) is 0 Å². The van der Waals surface area contributed by atoms with Crippen LogP contribution >= 0.6 is 0 Å². The van der Waals surface area contributed by atoms with Gasteiger partial charge < -0.3 is 9.88 Å². The molecule has 0 bridgehead atoms. The monoisotopic (exact) mass is 264 g/mol. The molecule has 3 nitrogen and oxygen atoms in total. The number of fused-ring (bicyclic) bond motifs is 1. The second-order valence-corrected chi connectivity index (χ2v) is 6.00. The first-order chi connectivity index (χ1) is 8.61. The Morgan fingerprint density at radius 3 is 2.83 bits per heavy atom.